The number of nitrogens with two attached hydrogens (primary N) is 2. The van der Waals surface area contributed by atoms with Gasteiger partial charge in [-0.3, -0.25) is 11.7 Å². The van der Waals surface area contributed by atoms with E-state index in [9.17, 15) is 9.59 Å². The molecule has 0 aliphatic carbocycles. The van der Waals surface area contributed by atoms with Crippen LogP contribution in [-0.2, 0) is 20.9 Å². The molecule has 0 bridgehead atoms. The summed E-state index contributed by atoms with van der Waals surface area (Å²) in [6.45, 7) is -0.00796. The largest absolute Gasteiger partial charge is 0.473 e. The Bertz CT molecular complexity index is 313. The number of ether oxygens (including phenoxy) is 1. The third kappa shape index (κ3) is 5.40. The van der Waals surface area contributed by atoms with E-state index in [2.05, 4.69) is 16.4 Å². The normalized spacial score (nSPS) is 8.40. The maximum absolute atomic E-state index is 10.5. The number of carboxylic acid groups (broad SMARTS) is 1. The molecule has 0 unspecified atom stereocenters. The van der Waals surface area contributed by atoms with Gasteiger partial charge in [-0.25, -0.2) is 9.59 Å². The van der Waals surface area contributed by atoms with Crippen LogP contribution in [0.4, 0.5) is 0 Å². The van der Waals surface area contributed by atoms with Crippen molar-refractivity contribution in [1.29, 1.82) is 0 Å². The van der Waals surface area contributed by atoms with E-state index in [1.807, 2.05) is 6.07 Å². The summed E-state index contributed by atoms with van der Waals surface area (Å²) in [5.74, 6) is 5.19. The fourth-order valence-electron chi connectivity index (χ4n) is 0.785. The second kappa shape index (κ2) is 7.48. The Balaban J connectivity index is 0.000000921. The molecule has 1 aromatic carbocycles. The minimum atomic E-state index is -1.57. The van der Waals surface area contributed by atoms with E-state index in [1.165, 1.54) is 0 Å². The first kappa shape index (κ1) is 13.1. The second-order valence-electron chi connectivity index (χ2n) is 2.37. The number of hydrogen-bond acceptors (Lipinski definition) is 5. The van der Waals surface area contributed by atoms with Crippen LogP contribution in [0, 0.1) is 0 Å². The van der Waals surface area contributed by atoms with E-state index >= 15 is 0 Å². The van der Waals surface area contributed by atoms with Gasteiger partial charge >= 0.3 is 11.9 Å². The van der Waals surface area contributed by atoms with Crippen LogP contribution in [-0.4, -0.2) is 17.0 Å². The number of hydrazine groups is 1. The molecule has 0 aliphatic heterocycles. The minimum absolute atomic E-state index is 0.00796. The van der Waals surface area contributed by atoms with Crippen LogP contribution in [0.25, 0.3) is 0 Å². The summed E-state index contributed by atoms with van der Waals surface area (Å²) in [6.07, 6.45) is 0. The lowest BCUT2D eigenvalue weighted by Gasteiger charge is -2.00. The number of hydrogen-bond donors (Lipinski definition) is 3. The lowest BCUT2D eigenvalue weighted by atomic mass is 10.2. The Kier molecular flexibility index (Phi) is 6.52. The number of rotatable bonds is 2. The molecule has 0 aromatic heterocycles. The Labute approximate surface area is 86.4 Å². The van der Waals surface area contributed by atoms with Crippen molar-refractivity contribution in [1.82, 2.24) is 0 Å². The fraction of sp³-hybridized carbons (Fsp3) is 0.111. The van der Waals surface area contributed by atoms with Crippen molar-refractivity contribution in [3.05, 3.63) is 35.9 Å². The summed E-state index contributed by atoms with van der Waals surface area (Å²) in [5, 5.41) is 8.19. The van der Waals surface area contributed by atoms with E-state index in [1.54, 1.807) is 24.3 Å². The number of benzene rings is 1. The third-order valence-corrected chi connectivity index (χ3v) is 1.39. The van der Waals surface area contributed by atoms with Crippen molar-refractivity contribution in [3.63, 3.8) is 0 Å². The predicted molar refractivity (Wildman–Crippen MR) is 52.2 cm³/mol. The van der Waals surface area contributed by atoms with Crippen molar-refractivity contribution < 1.29 is 19.4 Å². The van der Waals surface area contributed by atoms with Crippen LogP contribution in [0.2, 0.25) is 0 Å². The summed E-state index contributed by atoms with van der Waals surface area (Å²) in [7, 11) is 0. The Morgan fingerprint density at radius 1 is 1.20 bits per heavy atom. The molecule has 15 heavy (non-hydrogen) atoms. The standard InChI is InChI=1S/C9H8O4.H4N2/c10-8(11)9(12)13-6-7-4-2-1-3-5-7;1-2/h1-5H,6H2,(H,10,11);1-2H2. The predicted octanol–water partition coefficient (Wildman–Crippen LogP) is -0.367. The van der Waals surface area contributed by atoms with Crippen molar-refractivity contribution in [2.24, 2.45) is 11.7 Å². The van der Waals surface area contributed by atoms with E-state index in [-0.39, 0.29) is 6.61 Å². The number of carboxylic acids is 1. The van der Waals surface area contributed by atoms with Crippen molar-refractivity contribution >= 4 is 11.9 Å². The topological polar surface area (TPSA) is 116 Å². The van der Waals surface area contributed by atoms with Gasteiger partial charge in [0, 0.05) is 0 Å². The molecule has 6 heteroatoms. The molecule has 1 rings (SSSR count). The summed E-state index contributed by atoms with van der Waals surface area (Å²) >= 11 is 0. The number of esters is 1. The quantitative estimate of drug-likeness (QED) is 0.266. The summed E-state index contributed by atoms with van der Waals surface area (Å²) in [5.41, 5.74) is 0.761. The first-order chi connectivity index (χ1) is 7.20. The van der Waals surface area contributed by atoms with E-state index < -0.39 is 11.9 Å². The van der Waals surface area contributed by atoms with Gasteiger partial charge in [0.05, 0.1) is 0 Å². The van der Waals surface area contributed by atoms with Gasteiger partial charge in [-0.2, -0.15) is 0 Å². The lowest BCUT2D eigenvalue weighted by Crippen LogP contribution is -2.15. The second-order valence-corrected chi connectivity index (χ2v) is 2.37. The average Bonchev–Trinajstić information content (AvgIpc) is 2.30. The number of aliphatic carboxylic acids is 1. The molecular weight excluding hydrogens is 200 g/mol. The maximum Gasteiger partial charge on any atom is 0.417 e. The maximum atomic E-state index is 10.5. The van der Waals surface area contributed by atoms with Gasteiger partial charge in [-0.15, -0.1) is 0 Å². The Morgan fingerprint density at radius 3 is 2.20 bits per heavy atom. The van der Waals surface area contributed by atoms with E-state index in [4.69, 9.17) is 5.11 Å². The Morgan fingerprint density at radius 2 is 1.73 bits per heavy atom. The summed E-state index contributed by atoms with van der Waals surface area (Å²) < 4.78 is 4.45. The van der Waals surface area contributed by atoms with Crippen LogP contribution < -0.4 is 11.7 Å². The van der Waals surface area contributed by atoms with Crippen molar-refractivity contribution in [3.8, 4) is 0 Å². The van der Waals surface area contributed by atoms with Crippen molar-refractivity contribution in [2.75, 3.05) is 0 Å². The molecule has 0 amide bonds. The zero-order valence-electron chi connectivity index (χ0n) is 7.92. The molecular formula is C9H12N2O4. The number of carbonyl (C=O) groups is 2. The van der Waals surface area contributed by atoms with Gasteiger partial charge in [0.25, 0.3) is 0 Å². The highest BCUT2D eigenvalue weighted by Gasteiger charge is 2.11. The van der Waals surface area contributed by atoms with Crippen LogP contribution in [0.1, 0.15) is 5.56 Å². The molecule has 0 heterocycles. The van der Waals surface area contributed by atoms with Gasteiger partial charge in [0.1, 0.15) is 6.61 Å². The van der Waals surface area contributed by atoms with Gasteiger partial charge < -0.3 is 9.84 Å². The van der Waals surface area contributed by atoms with Crippen LogP contribution in [0.5, 0.6) is 0 Å². The fourth-order valence-corrected chi connectivity index (χ4v) is 0.785. The molecule has 0 spiro atoms. The summed E-state index contributed by atoms with van der Waals surface area (Å²) in [4.78, 5) is 20.5. The van der Waals surface area contributed by atoms with Gasteiger partial charge in [-0.1, -0.05) is 30.3 Å². The first-order valence-corrected chi connectivity index (χ1v) is 3.97. The molecule has 82 valence electrons. The van der Waals surface area contributed by atoms with Gasteiger partial charge in [0.15, 0.2) is 0 Å². The average molecular weight is 212 g/mol. The number of carbonyl (C=O) groups excluding carboxylic acids is 1. The Hall–Kier alpha value is -1.92. The lowest BCUT2D eigenvalue weighted by molar-refractivity contribution is -0.164. The minimum Gasteiger partial charge on any atom is -0.473 e. The van der Waals surface area contributed by atoms with Crippen LogP contribution >= 0.6 is 0 Å². The van der Waals surface area contributed by atoms with E-state index in [0.717, 1.165) is 5.56 Å². The molecule has 0 saturated carbocycles. The van der Waals surface area contributed by atoms with E-state index in [0.29, 0.717) is 0 Å². The van der Waals surface area contributed by atoms with Crippen molar-refractivity contribution in [2.45, 2.75) is 6.61 Å². The molecule has 0 saturated heterocycles. The zero-order valence-corrected chi connectivity index (χ0v) is 7.92. The van der Waals surface area contributed by atoms with Gasteiger partial charge in [0.2, 0.25) is 0 Å². The first-order valence-electron chi connectivity index (χ1n) is 3.97. The highest BCUT2D eigenvalue weighted by atomic mass is 16.6. The highest BCUT2D eigenvalue weighted by Crippen LogP contribution is 2.00. The molecule has 0 fully saturated rings. The van der Waals surface area contributed by atoms with Gasteiger partial charge in [-0.05, 0) is 5.56 Å². The SMILES string of the molecule is NN.O=C(O)C(=O)OCc1ccccc1. The third-order valence-electron chi connectivity index (χ3n) is 1.39. The molecule has 0 atom stereocenters. The smallest absolute Gasteiger partial charge is 0.417 e. The molecule has 5 N–H and O–H groups in total. The molecule has 0 aliphatic rings. The highest BCUT2D eigenvalue weighted by molar-refractivity contribution is 6.28. The van der Waals surface area contributed by atoms with Crippen LogP contribution in [0.15, 0.2) is 30.3 Å². The molecule has 0 radical (unpaired) electrons. The molecule has 6 nitrogen and oxygen atoms in total. The van der Waals surface area contributed by atoms with Crippen LogP contribution in [0.3, 0.4) is 0 Å². The summed E-state index contributed by atoms with van der Waals surface area (Å²) in [6, 6.07) is 8.88. The monoisotopic (exact) mass is 212 g/mol. The zero-order chi connectivity index (χ0) is 11.7. The molecule has 1 aromatic rings.